The highest BCUT2D eigenvalue weighted by molar-refractivity contribution is 5.99. The van der Waals surface area contributed by atoms with Crippen molar-refractivity contribution in [3.8, 4) is 5.75 Å². The summed E-state index contributed by atoms with van der Waals surface area (Å²) in [5.74, 6) is 0.672. The van der Waals surface area contributed by atoms with Gasteiger partial charge in [0.15, 0.2) is 5.43 Å². The first-order chi connectivity index (χ1) is 17.0. The summed E-state index contributed by atoms with van der Waals surface area (Å²) in [6.45, 7) is 7.85. The Morgan fingerprint density at radius 2 is 1.71 bits per heavy atom. The first-order valence-electron chi connectivity index (χ1n) is 12.7. The van der Waals surface area contributed by atoms with Crippen molar-refractivity contribution in [1.29, 1.82) is 0 Å². The molecule has 0 aliphatic carbocycles. The van der Waals surface area contributed by atoms with Gasteiger partial charge in [0.2, 0.25) is 5.76 Å². The van der Waals surface area contributed by atoms with E-state index in [0.29, 0.717) is 42.7 Å². The Bertz CT molecular complexity index is 1200. The molecule has 6 nitrogen and oxygen atoms in total. The summed E-state index contributed by atoms with van der Waals surface area (Å²) in [4.78, 5) is 28.7. The number of hydrogen-bond acceptors (Lipinski definition) is 5. The number of fused-ring (bicyclic) bond motifs is 2. The van der Waals surface area contributed by atoms with E-state index in [0.717, 1.165) is 24.2 Å². The number of unbranched alkanes of at least 4 members (excludes halogenated alkanes) is 3. The monoisotopic (exact) mass is 477 g/mol. The molecule has 2 aromatic carbocycles. The highest BCUT2D eigenvalue weighted by Gasteiger charge is 2.42. The molecule has 1 aliphatic heterocycles. The van der Waals surface area contributed by atoms with Crippen LogP contribution < -0.4 is 10.2 Å². The van der Waals surface area contributed by atoms with Gasteiger partial charge >= 0.3 is 0 Å². The highest BCUT2D eigenvalue weighted by atomic mass is 16.5. The minimum Gasteiger partial charge on any atom is -0.494 e. The van der Waals surface area contributed by atoms with Crippen molar-refractivity contribution in [2.24, 2.45) is 0 Å². The summed E-state index contributed by atoms with van der Waals surface area (Å²) >= 11 is 0. The van der Waals surface area contributed by atoms with Crippen LogP contribution in [0.25, 0.3) is 11.0 Å². The number of nitrogens with zero attached hydrogens (tertiary/aromatic N) is 1. The third kappa shape index (κ3) is 5.59. The maximum absolute atomic E-state index is 13.5. The Morgan fingerprint density at radius 3 is 2.46 bits per heavy atom. The molecular formula is C29H35NO5. The van der Waals surface area contributed by atoms with Gasteiger partial charge in [-0.15, -0.1) is 0 Å². The van der Waals surface area contributed by atoms with Crippen LogP contribution in [0, 0.1) is 0 Å². The summed E-state index contributed by atoms with van der Waals surface area (Å²) in [7, 11) is 0. The predicted molar refractivity (Wildman–Crippen MR) is 137 cm³/mol. The van der Waals surface area contributed by atoms with Crippen molar-refractivity contribution in [3.05, 3.63) is 75.6 Å². The lowest BCUT2D eigenvalue weighted by molar-refractivity contribution is 0.0593. The van der Waals surface area contributed by atoms with Crippen molar-refractivity contribution >= 4 is 16.9 Å². The number of para-hydroxylation sites is 1. The lowest BCUT2D eigenvalue weighted by Crippen LogP contribution is -2.31. The van der Waals surface area contributed by atoms with E-state index >= 15 is 0 Å². The number of benzene rings is 2. The van der Waals surface area contributed by atoms with Gasteiger partial charge in [0, 0.05) is 13.2 Å². The zero-order chi connectivity index (χ0) is 24.8. The van der Waals surface area contributed by atoms with Crippen molar-refractivity contribution < 1.29 is 18.7 Å². The summed E-state index contributed by atoms with van der Waals surface area (Å²) < 4.78 is 17.6. The Balaban J connectivity index is 1.62. The van der Waals surface area contributed by atoms with Gasteiger partial charge in [0.1, 0.15) is 11.3 Å². The average Bonchev–Trinajstić information content (AvgIpc) is 3.14. The summed E-state index contributed by atoms with van der Waals surface area (Å²) in [5, 5.41) is 0.487. The Morgan fingerprint density at radius 1 is 0.943 bits per heavy atom. The molecular weight excluding hydrogens is 442 g/mol. The van der Waals surface area contributed by atoms with Gasteiger partial charge in [0.05, 0.1) is 29.7 Å². The molecule has 186 valence electrons. The second-order valence-corrected chi connectivity index (χ2v) is 9.32. The lowest BCUT2D eigenvalue weighted by atomic mass is 9.98. The third-order valence-electron chi connectivity index (χ3n) is 6.33. The normalized spacial score (nSPS) is 15.3. The molecule has 0 radical (unpaired) electrons. The fraction of sp³-hybridized carbons (Fsp3) is 0.448. The van der Waals surface area contributed by atoms with Gasteiger partial charge in [-0.25, -0.2) is 0 Å². The minimum absolute atomic E-state index is 0.125. The first-order valence-corrected chi connectivity index (χ1v) is 12.7. The number of carbonyl (C=O) groups is 1. The van der Waals surface area contributed by atoms with Crippen LogP contribution in [0.4, 0.5) is 0 Å². The fourth-order valence-corrected chi connectivity index (χ4v) is 4.56. The Hall–Kier alpha value is -3.12. The van der Waals surface area contributed by atoms with Crippen molar-refractivity contribution in [2.75, 3.05) is 19.8 Å². The topological polar surface area (TPSA) is 69.0 Å². The SMILES string of the molecule is CCCCCCOc1ccc(C2c3c(oc4ccccc4c3=O)C(=O)N2CCCOC(C)C)cc1. The number of ether oxygens (including phenoxy) is 2. The van der Waals surface area contributed by atoms with Crippen LogP contribution in [-0.2, 0) is 4.74 Å². The molecule has 1 atom stereocenters. The molecule has 6 heteroatoms. The van der Waals surface area contributed by atoms with Crippen LogP contribution in [0.15, 0.2) is 57.7 Å². The lowest BCUT2D eigenvalue weighted by Gasteiger charge is -2.25. The second kappa shape index (κ2) is 11.5. The van der Waals surface area contributed by atoms with E-state index in [9.17, 15) is 9.59 Å². The molecule has 0 saturated carbocycles. The summed E-state index contributed by atoms with van der Waals surface area (Å²) in [6, 6.07) is 14.3. The largest absolute Gasteiger partial charge is 0.494 e. The molecule has 1 unspecified atom stereocenters. The van der Waals surface area contributed by atoms with Crippen LogP contribution >= 0.6 is 0 Å². The summed E-state index contributed by atoms with van der Waals surface area (Å²) in [6.07, 6.45) is 5.39. The van der Waals surface area contributed by atoms with Crippen molar-refractivity contribution in [2.45, 2.75) is 65.0 Å². The highest BCUT2D eigenvalue weighted by Crippen LogP contribution is 2.38. The molecule has 4 rings (SSSR count). The molecule has 1 amide bonds. The van der Waals surface area contributed by atoms with Crippen molar-refractivity contribution in [3.63, 3.8) is 0 Å². The minimum atomic E-state index is -0.504. The van der Waals surface area contributed by atoms with Crippen LogP contribution in [0.3, 0.4) is 0 Å². The average molecular weight is 478 g/mol. The third-order valence-corrected chi connectivity index (χ3v) is 6.33. The van der Waals surface area contributed by atoms with Crippen LogP contribution in [-0.4, -0.2) is 36.7 Å². The Kier molecular flexibility index (Phi) is 8.24. The molecule has 0 N–H and O–H groups in total. The van der Waals surface area contributed by atoms with Crippen LogP contribution in [0.1, 0.15) is 80.6 Å². The van der Waals surface area contributed by atoms with Gasteiger partial charge in [-0.1, -0.05) is 50.5 Å². The maximum Gasteiger partial charge on any atom is 0.290 e. The van der Waals surface area contributed by atoms with Gasteiger partial charge in [-0.05, 0) is 56.5 Å². The molecule has 2 heterocycles. The van der Waals surface area contributed by atoms with E-state index in [-0.39, 0.29) is 23.2 Å². The second-order valence-electron chi connectivity index (χ2n) is 9.32. The molecule has 1 aromatic heterocycles. The molecule has 0 fully saturated rings. The van der Waals surface area contributed by atoms with E-state index in [2.05, 4.69) is 6.92 Å². The van der Waals surface area contributed by atoms with E-state index in [4.69, 9.17) is 13.9 Å². The van der Waals surface area contributed by atoms with E-state index in [1.165, 1.54) is 12.8 Å². The Labute approximate surface area is 206 Å². The molecule has 0 spiro atoms. The van der Waals surface area contributed by atoms with Gasteiger partial charge in [-0.2, -0.15) is 0 Å². The zero-order valence-corrected chi connectivity index (χ0v) is 20.9. The van der Waals surface area contributed by atoms with Gasteiger partial charge < -0.3 is 18.8 Å². The van der Waals surface area contributed by atoms with E-state index in [1.807, 2.05) is 44.2 Å². The van der Waals surface area contributed by atoms with E-state index < -0.39 is 6.04 Å². The van der Waals surface area contributed by atoms with E-state index in [1.54, 1.807) is 23.1 Å². The standard InChI is InChI=1S/C29H35NO5/c1-4-5-6-9-18-34-22-15-13-21(14-16-22)26-25-27(31)23-11-7-8-12-24(23)35-28(25)29(32)30(26)17-10-19-33-20(2)3/h7-8,11-16,20,26H,4-6,9-10,17-19H2,1-3H3. The number of hydrogen-bond donors (Lipinski definition) is 0. The first kappa shape index (κ1) is 25.0. The smallest absolute Gasteiger partial charge is 0.290 e. The molecule has 1 aliphatic rings. The summed E-state index contributed by atoms with van der Waals surface area (Å²) in [5.41, 5.74) is 1.55. The predicted octanol–water partition coefficient (Wildman–Crippen LogP) is 6.11. The molecule has 0 saturated heterocycles. The molecule has 35 heavy (non-hydrogen) atoms. The molecule has 0 bridgehead atoms. The zero-order valence-electron chi connectivity index (χ0n) is 20.9. The maximum atomic E-state index is 13.5. The number of amides is 1. The number of rotatable bonds is 12. The fourth-order valence-electron chi connectivity index (χ4n) is 4.56. The van der Waals surface area contributed by atoms with Crippen LogP contribution in [0.2, 0.25) is 0 Å². The van der Waals surface area contributed by atoms with Crippen LogP contribution in [0.5, 0.6) is 5.75 Å². The quantitative estimate of drug-likeness (QED) is 0.294. The molecule has 3 aromatic rings. The van der Waals surface area contributed by atoms with Gasteiger partial charge in [0.25, 0.3) is 5.91 Å². The van der Waals surface area contributed by atoms with Crippen molar-refractivity contribution in [1.82, 2.24) is 4.90 Å². The van der Waals surface area contributed by atoms with Gasteiger partial charge in [-0.3, -0.25) is 9.59 Å². The number of carbonyl (C=O) groups excluding carboxylic acids is 1.